The van der Waals surface area contributed by atoms with Gasteiger partial charge in [-0.05, 0) is 17.7 Å². The molecule has 0 saturated carbocycles. The molecule has 17 heavy (non-hydrogen) atoms. The quantitative estimate of drug-likeness (QED) is 0.587. The number of esters is 1. The summed E-state index contributed by atoms with van der Waals surface area (Å²) in [5, 5.41) is 10.9. The fraction of sp³-hybridized carbons (Fsp3) is 0.182. The Balaban J connectivity index is 2.65. The van der Waals surface area contributed by atoms with Crippen LogP contribution in [0, 0.1) is 0 Å². The molecule has 0 bridgehead atoms. The smallest absolute Gasteiger partial charge is 0.396 e. The summed E-state index contributed by atoms with van der Waals surface area (Å²) in [5.74, 6) is -2.80. The van der Waals surface area contributed by atoms with Crippen molar-refractivity contribution in [1.29, 1.82) is 0 Å². The van der Waals surface area contributed by atoms with Gasteiger partial charge >= 0.3 is 17.8 Å². The van der Waals surface area contributed by atoms with Gasteiger partial charge < -0.3 is 15.2 Å². The minimum atomic E-state index is -0.986. The number of benzene rings is 1. The predicted octanol–water partition coefficient (Wildman–Crippen LogP) is 0.425. The first kappa shape index (κ1) is 12.7. The van der Waals surface area contributed by atoms with E-state index in [2.05, 4.69) is 10.1 Å². The third-order valence-corrected chi connectivity index (χ3v) is 1.94. The molecular weight excluding hydrogens is 226 g/mol. The van der Waals surface area contributed by atoms with Crippen molar-refractivity contribution >= 4 is 23.5 Å². The van der Waals surface area contributed by atoms with Crippen molar-refractivity contribution in [2.24, 2.45) is 0 Å². The minimum absolute atomic E-state index is 0.0920. The van der Waals surface area contributed by atoms with Gasteiger partial charge in [0.25, 0.3) is 0 Å². The Morgan fingerprint density at radius 3 is 2.29 bits per heavy atom. The topological polar surface area (TPSA) is 92.7 Å². The third-order valence-electron chi connectivity index (χ3n) is 1.94. The second-order valence-electron chi connectivity index (χ2n) is 3.21. The van der Waals surface area contributed by atoms with Crippen LogP contribution in [0.1, 0.15) is 5.56 Å². The highest BCUT2D eigenvalue weighted by atomic mass is 16.5. The highest BCUT2D eigenvalue weighted by molar-refractivity contribution is 6.37. The molecule has 0 saturated heterocycles. The zero-order chi connectivity index (χ0) is 12.8. The SMILES string of the molecule is COC(=O)C(=O)Nc1ccc(CC(=O)O)cc1. The fourth-order valence-corrected chi connectivity index (χ4v) is 1.16. The van der Waals surface area contributed by atoms with E-state index in [1.54, 1.807) is 12.1 Å². The first-order chi connectivity index (χ1) is 8.02. The Morgan fingerprint density at radius 2 is 1.82 bits per heavy atom. The van der Waals surface area contributed by atoms with E-state index in [0.717, 1.165) is 7.11 Å². The monoisotopic (exact) mass is 237 g/mol. The number of carbonyl (C=O) groups excluding carboxylic acids is 2. The number of methoxy groups -OCH3 is 1. The summed E-state index contributed by atoms with van der Waals surface area (Å²) in [4.78, 5) is 32.4. The lowest BCUT2D eigenvalue weighted by molar-refractivity contribution is -0.150. The molecule has 1 rings (SSSR count). The molecule has 0 atom stereocenters. The maximum atomic E-state index is 11.1. The summed E-state index contributed by atoms with van der Waals surface area (Å²) >= 11 is 0. The number of carboxylic acid groups (broad SMARTS) is 1. The lowest BCUT2D eigenvalue weighted by Crippen LogP contribution is -2.23. The van der Waals surface area contributed by atoms with E-state index in [9.17, 15) is 14.4 Å². The Hall–Kier alpha value is -2.37. The van der Waals surface area contributed by atoms with E-state index in [1.807, 2.05) is 0 Å². The number of anilines is 1. The van der Waals surface area contributed by atoms with E-state index >= 15 is 0 Å². The van der Waals surface area contributed by atoms with E-state index < -0.39 is 17.8 Å². The molecule has 90 valence electrons. The van der Waals surface area contributed by atoms with Gasteiger partial charge in [0, 0.05) is 5.69 Å². The van der Waals surface area contributed by atoms with Gasteiger partial charge in [0.1, 0.15) is 0 Å². The van der Waals surface area contributed by atoms with E-state index in [-0.39, 0.29) is 6.42 Å². The first-order valence-corrected chi connectivity index (χ1v) is 4.73. The molecule has 0 heterocycles. The summed E-state index contributed by atoms with van der Waals surface area (Å²) in [6.07, 6.45) is -0.0920. The van der Waals surface area contributed by atoms with Gasteiger partial charge in [0.15, 0.2) is 0 Å². The largest absolute Gasteiger partial charge is 0.481 e. The van der Waals surface area contributed by atoms with Crippen molar-refractivity contribution in [3.8, 4) is 0 Å². The van der Waals surface area contributed by atoms with Crippen molar-refractivity contribution in [3.05, 3.63) is 29.8 Å². The van der Waals surface area contributed by atoms with Crippen LogP contribution in [-0.2, 0) is 25.5 Å². The van der Waals surface area contributed by atoms with Crippen LogP contribution in [0.5, 0.6) is 0 Å². The molecule has 6 nitrogen and oxygen atoms in total. The van der Waals surface area contributed by atoms with E-state index in [4.69, 9.17) is 5.11 Å². The summed E-state index contributed by atoms with van der Waals surface area (Å²) in [6, 6.07) is 6.14. The molecule has 0 spiro atoms. The number of amides is 1. The molecule has 0 aliphatic rings. The lowest BCUT2D eigenvalue weighted by Gasteiger charge is -2.04. The standard InChI is InChI=1S/C11H11NO5/c1-17-11(16)10(15)12-8-4-2-7(3-5-8)6-9(13)14/h2-5H,6H2,1H3,(H,12,15)(H,13,14). The van der Waals surface area contributed by atoms with Gasteiger partial charge in [-0.2, -0.15) is 0 Å². The molecule has 0 aromatic heterocycles. The van der Waals surface area contributed by atoms with Gasteiger partial charge in [0.2, 0.25) is 0 Å². The first-order valence-electron chi connectivity index (χ1n) is 4.73. The van der Waals surface area contributed by atoms with Crippen molar-refractivity contribution < 1.29 is 24.2 Å². The zero-order valence-corrected chi connectivity index (χ0v) is 9.10. The summed E-state index contributed by atoms with van der Waals surface area (Å²) in [6.45, 7) is 0. The number of carbonyl (C=O) groups is 3. The second kappa shape index (κ2) is 5.64. The molecule has 2 N–H and O–H groups in total. The van der Waals surface area contributed by atoms with Crippen molar-refractivity contribution in [2.45, 2.75) is 6.42 Å². The minimum Gasteiger partial charge on any atom is -0.481 e. The number of rotatable bonds is 3. The summed E-state index contributed by atoms with van der Waals surface area (Å²) in [7, 11) is 1.11. The van der Waals surface area contributed by atoms with Gasteiger partial charge in [-0.3, -0.25) is 9.59 Å². The number of ether oxygens (including phenoxy) is 1. The van der Waals surface area contributed by atoms with Crippen LogP contribution >= 0.6 is 0 Å². The molecule has 1 aromatic carbocycles. The van der Waals surface area contributed by atoms with E-state index in [0.29, 0.717) is 11.3 Å². The van der Waals surface area contributed by atoms with Crippen LogP contribution in [0.2, 0.25) is 0 Å². The highest BCUT2D eigenvalue weighted by Gasteiger charge is 2.13. The van der Waals surface area contributed by atoms with Gasteiger partial charge in [-0.25, -0.2) is 4.79 Å². The van der Waals surface area contributed by atoms with Crippen LogP contribution in [0.4, 0.5) is 5.69 Å². The van der Waals surface area contributed by atoms with Crippen LogP contribution in [-0.4, -0.2) is 30.1 Å². The number of nitrogens with one attached hydrogen (secondary N) is 1. The highest BCUT2D eigenvalue weighted by Crippen LogP contribution is 2.10. The van der Waals surface area contributed by atoms with Crippen molar-refractivity contribution in [2.75, 3.05) is 12.4 Å². The summed E-state index contributed by atoms with van der Waals surface area (Å²) in [5.41, 5.74) is 1.00. The molecule has 1 aromatic rings. The van der Waals surface area contributed by atoms with Gasteiger partial charge in [0.05, 0.1) is 13.5 Å². The maximum Gasteiger partial charge on any atom is 0.396 e. The van der Waals surface area contributed by atoms with Crippen molar-refractivity contribution in [3.63, 3.8) is 0 Å². The molecule has 0 radical (unpaired) electrons. The van der Waals surface area contributed by atoms with Crippen molar-refractivity contribution in [1.82, 2.24) is 0 Å². The molecule has 0 aliphatic carbocycles. The van der Waals surface area contributed by atoms with Gasteiger partial charge in [-0.1, -0.05) is 12.1 Å². The normalized spacial score (nSPS) is 9.47. The molecule has 0 unspecified atom stereocenters. The Morgan fingerprint density at radius 1 is 1.24 bits per heavy atom. The predicted molar refractivity (Wildman–Crippen MR) is 58.4 cm³/mol. The number of hydrogen-bond acceptors (Lipinski definition) is 4. The average molecular weight is 237 g/mol. The van der Waals surface area contributed by atoms with E-state index in [1.165, 1.54) is 12.1 Å². The molecule has 0 aliphatic heterocycles. The maximum absolute atomic E-state index is 11.1. The molecule has 6 heteroatoms. The third kappa shape index (κ3) is 3.94. The lowest BCUT2D eigenvalue weighted by atomic mass is 10.1. The van der Waals surface area contributed by atoms with Crippen LogP contribution in [0.25, 0.3) is 0 Å². The number of hydrogen-bond donors (Lipinski definition) is 2. The number of carboxylic acids is 1. The van der Waals surface area contributed by atoms with Crippen LogP contribution in [0.15, 0.2) is 24.3 Å². The second-order valence-corrected chi connectivity index (χ2v) is 3.21. The fourth-order valence-electron chi connectivity index (χ4n) is 1.16. The Labute approximate surface area is 97.2 Å². The molecule has 0 fully saturated rings. The summed E-state index contributed by atoms with van der Waals surface area (Å²) < 4.78 is 4.23. The van der Waals surface area contributed by atoms with Crippen LogP contribution in [0.3, 0.4) is 0 Å². The average Bonchev–Trinajstić information content (AvgIpc) is 2.30. The molecule has 1 amide bonds. The Kier molecular flexibility index (Phi) is 4.21. The van der Waals surface area contributed by atoms with Gasteiger partial charge in [-0.15, -0.1) is 0 Å². The molecular formula is C11H11NO5. The zero-order valence-electron chi connectivity index (χ0n) is 9.10. The van der Waals surface area contributed by atoms with Crippen LogP contribution < -0.4 is 5.32 Å². The number of aliphatic carboxylic acids is 1. The Bertz CT molecular complexity index is 438.